The van der Waals surface area contributed by atoms with E-state index in [1.807, 2.05) is 31.2 Å². The quantitative estimate of drug-likeness (QED) is 0.393. The van der Waals surface area contributed by atoms with Crippen molar-refractivity contribution in [1.29, 1.82) is 0 Å². The molecule has 0 aromatic rings. The second kappa shape index (κ2) is 11.8. The van der Waals surface area contributed by atoms with E-state index in [1.54, 1.807) is 12.2 Å². The Morgan fingerprint density at radius 1 is 1.28 bits per heavy atom. The molecule has 1 aliphatic rings. The highest BCUT2D eigenvalue weighted by atomic mass is 16.4. The lowest BCUT2D eigenvalue weighted by Gasteiger charge is -2.16. The van der Waals surface area contributed by atoms with Crippen LogP contribution in [0.1, 0.15) is 51.9 Å². The van der Waals surface area contributed by atoms with Crippen LogP contribution in [0.4, 0.5) is 0 Å². The highest BCUT2D eigenvalue weighted by Crippen LogP contribution is 2.33. The molecule has 0 amide bonds. The van der Waals surface area contributed by atoms with Gasteiger partial charge in [-0.15, -0.1) is 0 Å². The summed E-state index contributed by atoms with van der Waals surface area (Å²) in [7, 11) is 0. The van der Waals surface area contributed by atoms with Crippen LogP contribution in [0.2, 0.25) is 0 Å². The van der Waals surface area contributed by atoms with Gasteiger partial charge in [-0.3, -0.25) is 9.59 Å². The van der Waals surface area contributed by atoms with E-state index in [-0.39, 0.29) is 30.5 Å². The summed E-state index contributed by atoms with van der Waals surface area (Å²) in [4.78, 5) is 22.5. The van der Waals surface area contributed by atoms with E-state index in [0.29, 0.717) is 25.7 Å². The van der Waals surface area contributed by atoms with Gasteiger partial charge in [0.2, 0.25) is 0 Å². The van der Waals surface area contributed by atoms with Gasteiger partial charge in [-0.2, -0.15) is 0 Å². The number of ketones is 1. The zero-order valence-electron chi connectivity index (χ0n) is 14.9. The number of carboxylic acid groups (broad SMARTS) is 1. The summed E-state index contributed by atoms with van der Waals surface area (Å²) in [6, 6.07) is 0. The number of Topliss-reactive ketones (excluding diaryl/α,β-unsaturated/α-hetero) is 1. The van der Waals surface area contributed by atoms with E-state index in [2.05, 4.69) is 0 Å². The van der Waals surface area contributed by atoms with Crippen LogP contribution in [0.15, 0.2) is 36.5 Å². The summed E-state index contributed by atoms with van der Waals surface area (Å²) in [6.07, 6.45) is 13.3. The lowest BCUT2D eigenvalue weighted by atomic mass is 9.90. The van der Waals surface area contributed by atoms with Gasteiger partial charge in [0.25, 0.3) is 0 Å². The summed E-state index contributed by atoms with van der Waals surface area (Å²) in [5.41, 5.74) is 0. The van der Waals surface area contributed by atoms with Gasteiger partial charge in [-0.25, -0.2) is 0 Å². The smallest absolute Gasteiger partial charge is 0.303 e. The van der Waals surface area contributed by atoms with Crippen LogP contribution in [0, 0.1) is 11.8 Å². The lowest BCUT2D eigenvalue weighted by molar-refractivity contribution is -0.137. The molecule has 1 aliphatic carbocycles. The van der Waals surface area contributed by atoms with Crippen molar-refractivity contribution in [3.63, 3.8) is 0 Å². The molecule has 140 valence electrons. The van der Waals surface area contributed by atoms with Crippen molar-refractivity contribution in [3.8, 4) is 0 Å². The molecule has 4 unspecified atom stereocenters. The van der Waals surface area contributed by atoms with Crippen LogP contribution in [0.3, 0.4) is 0 Å². The van der Waals surface area contributed by atoms with Gasteiger partial charge in [0, 0.05) is 24.7 Å². The van der Waals surface area contributed by atoms with Crippen LogP contribution in [0.25, 0.3) is 0 Å². The van der Waals surface area contributed by atoms with Crippen LogP contribution >= 0.6 is 0 Å². The molecule has 0 aromatic carbocycles. The lowest BCUT2D eigenvalue weighted by Crippen LogP contribution is -2.18. The number of aliphatic hydroxyl groups excluding tert-OH is 2. The minimum Gasteiger partial charge on any atom is -0.481 e. The predicted molar refractivity (Wildman–Crippen MR) is 97.0 cm³/mol. The Hall–Kier alpha value is -1.72. The van der Waals surface area contributed by atoms with E-state index in [9.17, 15) is 19.8 Å². The molecule has 1 saturated carbocycles. The van der Waals surface area contributed by atoms with Gasteiger partial charge in [-0.05, 0) is 32.1 Å². The normalized spacial score (nSPS) is 25.6. The summed E-state index contributed by atoms with van der Waals surface area (Å²) < 4.78 is 0. The molecule has 0 radical (unpaired) electrons. The molecule has 1 fully saturated rings. The summed E-state index contributed by atoms with van der Waals surface area (Å²) in [5, 5.41) is 28.6. The monoisotopic (exact) mass is 350 g/mol. The fourth-order valence-electron chi connectivity index (χ4n) is 3.00. The van der Waals surface area contributed by atoms with Crippen molar-refractivity contribution in [1.82, 2.24) is 0 Å². The highest BCUT2D eigenvalue weighted by molar-refractivity contribution is 5.84. The van der Waals surface area contributed by atoms with Crippen molar-refractivity contribution in [2.24, 2.45) is 11.8 Å². The first-order chi connectivity index (χ1) is 12.0. The Balaban J connectivity index is 2.52. The van der Waals surface area contributed by atoms with Crippen LogP contribution in [0.5, 0.6) is 0 Å². The van der Waals surface area contributed by atoms with Crippen LogP contribution in [-0.2, 0) is 9.59 Å². The fraction of sp³-hybridized carbons (Fsp3) is 0.600. The first kappa shape index (κ1) is 21.3. The van der Waals surface area contributed by atoms with Gasteiger partial charge < -0.3 is 15.3 Å². The maximum absolute atomic E-state index is 12.1. The Morgan fingerprint density at radius 3 is 2.72 bits per heavy atom. The highest BCUT2D eigenvalue weighted by Gasteiger charge is 2.39. The van der Waals surface area contributed by atoms with Gasteiger partial charge in [0.1, 0.15) is 5.78 Å². The number of hydrogen-bond acceptors (Lipinski definition) is 4. The van der Waals surface area contributed by atoms with Crippen molar-refractivity contribution >= 4 is 11.8 Å². The largest absolute Gasteiger partial charge is 0.481 e. The fourth-order valence-corrected chi connectivity index (χ4v) is 3.00. The Bertz CT molecular complexity index is 506. The molecule has 5 nitrogen and oxygen atoms in total. The minimum absolute atomic E-state index is 0.0395. The third-order valence-electron chi connectivity index (χ3n) is 4.39. The Labute approximate surface area is 149 Å². The van der Waals surface area contributed by atoms with Gasteiger partial charge in [0.15, 0.2) is 0 Å². The maximum Gasteiger partial charge on any atom is 0.303 e. The number of aliphatic carboxylic acids is 1. The Kier molecular flexibility index (Phi) is 10.0. The maximum atomic E-state index is 12.1. The second-order valence-electron chi connectivity index (χ2n) is 6.48. The zero-order chi connectivity index (χ0) is 18.7. The molecule has 4 atom stereocenters. The molecule has 5 heteroatoms. The summed E-state index contributed by atoms with van der Waals surface area (Å²) >= 11 is 0. The van der Waals surface area contributed by atoms with Gasteiger partial charge in [0.05, 0.1) is 12.2 Å². The zero-order valence-corrected chi connectivity index (χ0v) is 14.9. The standard InChI is InChI=1S/C20H30O5/c1-2-3-6-9-15(21)12-13-17-16(18(22)14-19(17)23)10-7-4-5-8-11-20(24)25/h3-4,6-7,12-13,15-17,19,21,23H,2,5,8-11,14H2,1H3,(H,24,25). The third-order valence-corrected chi connectivity index (χ3v) is 4.39. The molecule has 0 spiro atoms. The van der Waals surface area contributed by atoms with Crippen molar-refractivity contribution in [3.05, 3.63) is 36.5 Å². The Morgan fingerprint density at radius 2 is 2.04 bits per heavy atom. The molecule has 0 bridgehead atoms. The van der Waals surface area contributed by atoms with Crippen molar-refractivity contribution < 1.29 is 24.9 Å². The van der Waals surface area contributed by atoms with Crippen molar-refractivity contribution in [2.45, 2.75) is 64.1 Å². The number of aliphatic hydroxyl groups is 2. The number of unbranched alkanes of at least 4 members (excludes halogenated alkanes) is 1. The molecule has 0 aromatic heterocycles. The first-order valence-corrected chi connectivity index (χ1v) is 9.04. The first-order valence-electron chi connectivity index (χ1n) is 9.04. The van der Waals surface area contributed by atoms with E-state index in [4.69, 9.17) is 5.11 Å². The molecular weight excluding hydrogens is 320 g/mol. The van der Waals surface area contributed by atoms with E-state index in [0.717, 1.165) is 6.42 Å². The molecule has 25 heavy (non-hydrogen) atoms. The summed E-state index contributed by atoms with van der Waals surface area (Å²) in [6.45, 7) is 2.03. The molecule has 0 aliphatic heterocycles. The van der Waals surface area contributed by atoms with E-state index < -0.39 is 18.2 Å². The number of allylic oxidation sites excluding steroid dienone is 3. The average Bonchev–Trinajstić information content (AvgIpc) is 2.82. The minimum atomic E-state index is -0.806. The number of carbonyl (C=O) groups excluding carboxylic acids is 1. The van der Waals surface area contributed by atoms with E-state index >= 15 is 0 Å². The number of carbonyl (C=O) groups is 2. The number of rotatable bonds is 11. The van der Waals surface area contributed by atoms with Crippen LogP contribution in [-0.4, -0.2) is 39.3 Å². The molecule has 1 rings (SSSR count). The average molecular weight is 350 g/mol. The third kappa shape index (κ3) is 8.27. The second-order valence-corrected chi connectivity index (χ2v) is 6.48. The van der Waals surface area contributed by atoms with Crippen LogP contribution < -0.4 is 0 Å². The van der Waals surface area contributed by atoms with Gasteiger partial charge in [-0.1, -0.05) is 43.4 Å². The van der Waals surface area contributed by atoms with Gasteiger partial charge >= 0.3 is 5.97 Å². The number of hydrogen-bond donors (Lipinski definition) is 3. The number of carboxylic acids is 1. The molecular formula is C20H30O5. The molecule has 3 N–H and O–H groups in total. The predicted octanol–water partition coefficient (Wildman–Crippen LogP) is 3.03. The van der Waals surface area contributed by atoms with E-state index in [1.165, 1.54) is 0 Å². The molecule has 0 saturated heterocycles. The topological polar surface area (TPSA) is 94.8 Å². The molecule has 0 heterocycles. The van der Waals surface area contributed by atoms with Crippen molar-refractivity contribution in [2.75, 3.05) is 0 Å². The summed E-state index contributed by atoms with van der Waals surface area (Å²) in [5.74, 6) is -1.32. The SMILES string of the molecule is CCC=CCC(O)C=CC1C(O)CC(=O)C1CC=CCCCC(=O)O.